The number of nitrogens with zero attached hydrogens (tertiary/aromatic N) is 2. The van der Waals surface area contributed by atoms with Crippen molar-refractivity contribution in [2.24, 2.45) is 10.7 Å². The van der Waals surface area contributed by atoms with Gasteiger partial charge in [-0.05, 0) is 17.7 Å². The van der Waals surface area contributed by atoms with Crippen molar-refractivity contribution in [1.82, 2.24) is 25.3 Å². The van der Waals surface area contributed by atoms with Gasteiger partial charge < -0.3 is 26.0 Å². The van der Waals surface area contributed by atoms with Crippen LogP contribution in [-0.4, -0.2) is 32.4 Å². The number of nitrogens with one attached hydrogen (secondary N) is 4. The van der Waals surface area contributed by atoms with Gasteiger partial charge in [-0.1, -0.05) is 37.3 Å². The molecule has 2 atom stereocenters. The molecule has 0 fully saturated rings. The quantitative estimate of drug-likeness (QED) is 0.277. The summed E-state index contributed by atoms with van der Waals surface area (Å²) in [5.74, 6) is 0.380. The molecule has 33 heavy (non-hydrogen) atoms. The molecule has 0 unspecified atom stereocenters. The van der Waals surface area contributed by atoms with Gasteiger partial charge in [-0.3, -0.25) is 9.79 Å². The molecule has 1 aliphatic heterocycles. The standard InChI is InChI=1S/C25H21N7O/c1-12-13-6-4-8-18-19(13)16(10-28-18)20-22(25(12)11-29-24(26)32-25)30-21(23(33)31-20)15-9-27-17-7-3-2-5-14(15)17/h2-10,12,27-28H,11H2,1H3,(H,31,33)(H3,26,29,32)/t12-,25-/m0/s1. The number of aliphatic imine (C=N–C) groups is 1. The van der Waals surface area contributed by atoms with E-state index < -0.39 is 5.54 Å². The maximum absolute atomic E-state index is 13.4. The molecule has 0 radical (unpaired) electrons. The Kier molecular flexibility index (Phi) is 3.39. The zero-order valence-electron chi connectivity index (χ0n) is 17.9. The Labute approximate surface area is 188 Å². The molecule has 4 heterocycles. The van der Waals surface area contributed by atoms with E-state index in [2.05, 4.69) is 38.3 Å². The number of nitrogens with two attached hydrogens (primary N) is 1. The van der Waals surface area contributed by atoms with Gasteiger partial charge >= 0.3 is 0 Å². The lowest BCUT2D eigenvalue weighted by molar-refractivity contribution is 0.353. The van der Waals surface area contributed by atoms with Crippen molar-refractivity contribution in [3.8, 4) is 22.5 Å². The van der Waals surface area contributed by atoms with Crippen LogP contribution in [0.15, 0.2) is 64.6 Å². The van der Waals surface area contributed by atoms with Gasteiger partial charge in [0.15, 0.2) is 5.96 Å². The van der Waals surface area contributed by atoms with Gasteiger partial charge in [0.25, 0.3) is 5.56 Å². The van der Waals surface area contributed by atoms with Crippen LogP contribution in [0.3, 0.4) is 0 Å². The largest absolute Gasteiger partial charge is 0.370 e. The van der Waals surface area contributed by atoms with E-state index in [1.54, 1.807) is 0 Å². The second-order valence-electron chi connectivity index (χ2n) is 8.88. The van der Waals surface area contributed by atoms with E-state index in [0.717, 1.165) is 44.2 Å². The molecule has 7 rings (SSSR count). The molecule has 1 spiro atoms. The third-order valence-electron chi connectivity index (χ3n) is 7.24. The maximum Gasteiger partial charge on any atom is 0.275 e. The van der Waals surface area contributed by atoms with Gasteiger partial charge in [0.1, 0.15) is 11.2 Å². The predicted octanol–water partition coefficient (Wildman–Crippen LogP) is 3.30. The Balaban J connectivity index is 1.58. The first kappa shape index (κ1) is 18.3. The average Bonchev–Trinajstić information content (AvgIpc) is 3.54. The van der Waals surface area contributed by atoms with Crippen molar-refractivity contribution in [2.45, 2.75) is 18.4 Å². The zero-order valence-corrected chi connectivity index (χ0v) is 17.9. The SMILES string of the molecule is C[C@H]1c2cccc3[nH]cc(c23)-c2[nH]c(=O)c(-c3c[nH]c4ccccc34)nc2[C@]12CN=C(N)N2. The number of aromatic amines is 3. The van der Waals surface area contributed by atoms with E-state index >= 15 is 0 Å². The van der Waals surface area contributed by atoms with E-state index in [4.69, 9.17) is 10.7 Å². The second-order valence-corrected chi connectivity index (χ2v) is 8.88. The smallest absolute Gasteiger partial charge is 0.275 e. The highest BCUT2D eigenvalue weighted by atomic mass is 16.1. The fourth-order valence-corrected chi connectivity index (χ4v) is 5.56. The summed E-state index contributed by atoms with van der Waals surface area (Å²) in [4.78, 5) is 32.8. The second kappa shape index (κ2) is 6.13. The topological polar surface area (TPSA) is 128 Å². The van der Waals surface area contributed by atoms with Crippen molar-refractivity contribution >= 4 is 27.8 Å². The van der Waals surface area contributed by atoms with Gasteiger partial charge in [-0.25, -0.2) is 4.98 Å². The molecule has 3 aromatic heterocycles. The molecule has 2 aliphatic rings. The molecule has 6 N–H and O–H groups in total. The Hall–Kier alpha value is -4.33. The minimum absolute atomic E-state index is 0.00368. The molecule has 1 aliphatic carbocycles. The molecule has 0 bridgehead atoms. The van der Waals surface area contributed by atoms with Gasteiger partial charge in [0.2, 0.25) is 0 Å². The van der Waals surface area contributed by atoms with E-state index in [1.807, 2.05) is 48.8 Å². The Morgan fingerprint density at radius 2 is 1.82 bits per heavy atom. The number of aromatic nitrogens is 4. The first-order chi connectivity index (χ1) is 16.1. The fraction of sp³-hybridized carbons (Fsp3) is 0.160. The van der Waals surface area contributed by atoms with E-state index in [1.165, 1.54) is 0 Å². The molecule has 5 aromatic rings. The molecule has 0 saturated heterocycles. The van der Waals surface area contributed by atoms with Crippen LogP contribution in [0.25, 0.3) is 44.3 Å². The molecular weight excluding hydrogens is 414 g/mol. The average molecular weight is 435 g/mol. The monoisotopic (exact) mass is 435 g/mol. The molecular formula is C25H21N7O. The third kappa shape index (κ3) is 2.27. The fourth-order valence-electron chi connectivity index (χ4n) is 5.56. The Morgan fingerprint density at radius 3 is 2.67 bits per heavy atom. The number of rotatable bonds is 1. The van der Waals surface area contributed by atoms with Crippen LogP contribution in [0.2, 0.25) is 0 Å². The number of H-pyrrole nitrogens is 3. The van der Waals surface area contributed by atoms with Crippen LogP contribution in [-0.2, 0) is 5.54 Å². The van der Waals surface area contributed by atoms with E-state index in [-0.39, 0.29) is 11.5 Å². The summed E-state index contributed by atoms with van der Waals surface area (Å²) in [5, 5.41) is 5.48. The Bertz CT molecular complexity index is 1690. The highest BCUT2D eigenvalue weighted by molar-refractivity contribution is 6.00. The highest BCUT2D eigenvalue weighted by Crippen LogP contribution is 2.49. The lowest BCUT2D eigenvalue weighted by Crippen LogP contribution is -2.50. The number of hydrogen-bond acceptors (Lipinski definition) is 5. The molecule has 0 amide bonds. The van der Waals surface area contributed by atoms with Crippen molar-refractivity contribution in [3.63, 3.8) is 0 Å². The van der Waals surface area contributed by atoms with Crippen LogP contribution in [0.4, 0.5) is 0 Å². The first-order valence-electron chi connectivity index (χ1n) is 11.0. The summed E-state index contributed by atoms with van der Waals surface area (Å²) in [5.41, 5.74) is 11.9. The summed E-state index contributed by atoms with van der Waals surface area (Å²) in [6.07, 6.45) is 3.79. The number of benzene rings is 2. The highest BCUT2D eigenvalue weighted by Gasteiger charge is 2.48. The van der Waals surface area contributed by atoms with Crippen molar-refractivity contribution < 1.29 is 0 Å². The lowest BCUT2D eigenvalue weighted by Gasteiger charge is -2.35. The minimum Gasteiger partial charge on any atom is -0.370 e. The van der Waals surface area contributed by atoms with Crippen LogP contribution in [0.1, 0.15) is 24.1 Å². The molecule has 0 saturated carbocycles. The van der Waals surface area contributed by atoms with E-state index in [9.17, 15) is 4.79 Å². The summed E-state index contributed by atoms with van der Waals surface area (Å²) in [6.45, 7) is 2.60. The molecule has 8 heteroatoms. The summed E-state index contributed by atoms with van der Waals surface area (Å²) in [6, 6.07) is 14.1. The van der Waals surface area contributed by atoms with E-state index in [0.29, 0.717) is 23.9 Å². The summed E-state index contributed by atoms with van der Waals surface area (Å²) >= 11 is 0. The normalized spacial score (nSPS) is 21.2. The number of guanidine groups is 1. The van der Waals surface area contributed by atoms with Crippen LogP contribution in [0.5, 0.6) is 0 Å². The van der Waals surface area contributed by atoms with Crippen LogP contribution < -0.4 is 16.6 Å². The first-order valence-corrected chi connectivity index (χ1v) is 11.0. The molecule has 2 aromatic carbocycles. The lowest BCUT2D eigenvalue weighted by atomic mass is 9.78. The third-order valence-corrected chi connectivity index (χ3v) is 7.24. The van der Waals surface area contributed by atoms with Crippen molar-refractivity contribution in [1.29, 1.82) is 0 Å². The molecule has 8 nitrogen and oxygen atoms in total. The number of hydrogen-bond donors (Lipinski definition) is 5. The maximum atomic E-state index is 13.4. The van der Waals surface area contributed by atoms with Gasteiger partial charge in [0, 0.05) is 51.2 Å². The van der Waals surface area contributed by atoms with Gasteiger partial charge in [-0.15, -0.1) is 0 Å². The molecule has 162 valence electrons. The Morgan fingerprint density at radius 1 is 1.03 bits per heavy atom. The summed E-state index contributed by atoms with van der Waals surface area (Å²) in [7, 11) is 0. The summed E-state index contributed by atoms with van der Waals surface area (Å²) < 4.78 is 0. The zero-order chi connectivity index (χ0) is 22.3. The number of para-hydroxylation sites is 1. The number of fused-ring (bicyclic) bond motifs is 4. The predicted molar refractivity (Wildman–Crippen MR) is 129 cm³/mol. The van der Waals surface area contributed by atoms with Crippen molar-refractivity contribution in [3.05, 3.63) is 76.5 Å². The van der Waals surface area contributed by atoms with Crippen LogP contribution >= 0.6 is 0 Å². The van der Waals surface area contributed by atoms with Gasteiger partial charge in [-0.2, -0.15) is 0 Å². The van der Waals surface area contributed by atoms with Crippen LogP contribution in [0, 0.1) is 0 Å². The van der Waals surface area contributed by atoms with Crippen molar-refractivity contribution in [2.75, 3.05) is 6.54 Å². The minimum atomic E-state index is -0.676. The van der Waals surface area contributed by atoms with Gasteiger partial charge in [0.05, 0.1) is 17.9 Å².